The molecule has 1 amide bonds. The van der Waals surface area contributed by atoms with Crippen molar-refractivity contribution in [2.24, 2.45) is 5.73 Å². The predicted octanol–water partition coefficient (Wildman–Crippen LogP) is 3.64. The summed E-state index contributed by atoms with van der Waals surface area (Å²) >= 11 is 0. The average Bonchev–Trinajstić information content (AvgIpc) is 2.60. The van der Waals surface area contributed by atoms with E-state index in [1.165, 1.54) is 5.56 Å². The smallest absolute Gasteiger partial charge is 0.255 e. The Labute approximate surface area is 144 Å². The van der Waals surface area contributed by atoms with Crippen LogP contribution in [0.5, 0.6) is 5.75 Å². The van der Waals surface area contributed by atoms with Crippen LogP contribution < -0.4 is 15.8 Å². The lowest BCUT2D eigenvalue weighted by atomic mass is 9.99. The van der Waals surface area contributed by atoms with Gasteiger partial charge in [0.15, 0.2) is 0 Å². The van der Waals surface area contributed by atoms with Gasteiger partial charge in [0, 0.05) is 12.6 Å². The van der Waals surface area contributed by atoms with Gasteiger partial charge in [-0.3, -0.25) is 4.79 Å². The highest BCUT2D eigenvalue weighted by molar-refractivity contribution is 5.96. The van der Waals surface area contributed by atoms with E-state index >= 15 is 0 Å². The molecule has 24 heavy (non-hydrogen) atoms. The Balaban J connectivity index is 1.98. The first-order chi connectivity index (χ1) is 11.5. The molecule has 4 heteroatoms. The second-order valence-corrected chi connectivity index (χ2v) is 6.07. The van der Waals surface area contributed by atoms with E-state index in [0.717, 1.165) is 5.56 Å². The molecule has 0 aliphatic rings. The van der Waals surface area contributed by atoms with Crippen molar-refractivity contribution in [2.45, 2.75) is 32.7 Å². The van der Waals surface area contributed by atoms with Crippen LogP contribution in [0, 0.1) is 0 Å². The number of amides is 1. The summed E-state index contributed by atoms with van der Waals surface area (Å²) < 4.78 is 5.49. The molecule has 1 unspecified atom stereocenters. The highest BCUT2D eigenvalue weighted by Gasteiger charge is 2.14. The molecule has 2 aromatic rings. The molecule has 0 aliphatic carbocycles. The summed E-state index contributed by atoms with van der Waals surface area (Å²) in [5, 5.41) is 2.89. The topological polar surface area (TPSA) is 64.3 Å². The first-order valence-corrected chi connectivity index (χ1v) is 8.38. The minimum atomic E-state index is -0.241. The van der Waals surface area contributed by atoms with Gasteiger partial charge < -0.3 is 15.8 Å². The zero-order chi connectivity index (χ0) is 17.5. The van der Waals surface area contributed by atoms with Crippen LogP contribution in [-0.4, -0.2) is 19.1 Å². The Kier molecular flexibility index (Phi) is 6.38. The number of para-hydroxylation sites is 1. The van der Waals surface area contributed by atoms with E-state index in [9.17, 15) is 4.79 Å². The van der Waals surface area contributed by atoms with Crippen molar-refractivity contribution in [3.63, 3.8) is 0 Å². The first-order valence-electron chi connectivity index (χ1n) is 8.38. The van der Waals surface area contributed by atoms with E-state index in [1.807, 2.05) is 31.2 Å². The molecule has 0 heterocycles. The maximum atomic E-state index is 12.4. The molecule has 0 fully saturated rings. The van der Waals surface area contributed by atoms with Gasteiger partial charge in [-0.2, -0.15) is 0 Å². The van der Waals surface area contributed by atoms with Crippen LogP contribution in [-0.2, 0) is 0 Å². The summed E-state index contributed by atoms with van der Waals surface area (Å²) in [6, 6.07) is 15.2. The van der Waals surface area contributed by atoms with Gasteiger partial charge >= 0.3 is 0 Å². The Morgan fingerprint density at radius 1 is 1.08 bits per heavy atom. The number of hydrogen-bond acceptors (Lipinski definition) is 3. The molecule has 0 bridgehead atoms. The van der Waals surface area contributed by atoms with E-state index in [4.69, 9.17) is 10.5 Å². The molecule has 3 N–H and O–H groups in total. The molecule has 0 aliphatic heterocycles. The van der Waals surface area contributed by atoms with Crippen molar-refractivity contribution in [2.75, 3.05) is 13.2 Å². The van der Waals surface area contributed by atoms with E-state index in [-0.39, 0.29) is 11.9 Å². The molecule has 4 nitrogen and oxygen atoms in total. The third-order valence-electron chi connectivity index (χ3n) is 3.95. The van der Waals surface area contributed by atoms with E-state index in [0.29, 0.717) is 30.4 Å². The minimum absolute atomic E-state index is 0.173. The van der Waals surface area contributed by atoms with Crippen molar-refractivity contribution < 1.29 is 9.53 Å². The maximum absolute atomic E-state index is 12.4. The Bertz CT molecular complexity index is 666. The fraction of sp³-hybridized carbons (Fsp3) is 0.350. The largest absolute Gasteiger partial charge is 0.493 e. The molecule has 128 valence electrons. The normalized spacial score (nSPS) is 12.0. The number of nitrogens with one attached hydrogen (secondary N) is 1. The summed E-state index contributed by atoms with van der Waals surface area (Å²) in [6.07, 6.45) is 0. The highest BCUT2D eigenvalue weighted by Crippen LogP contribution is 2.19. The number of nitrogens with two attached hydrogens (primary N) is 1. The van der Waals surface area contributed by atoms with Gasteiger partial charge in [0.1, 0.15) is 5.75 Å². The average molecular weight is 326 g/mol. The molecule has 2 aromatic carbocycles. The molecule has 0 aromatic heterocycles. The van der Waals surface area contributed by atoms with Crippen molar-refractivity contribution in [3.8, 4) is 5.75 Å². The standard InChI is InChI=1S/C20H26N2O2/c1-4-24-19-8-6-5-7-17(19)20(23)22-13-18(21)16-11-9-15(10-12-16)14(2)3/h5-12,14,18H,4,13,21H2,1-3H3,(H,22,23). The fourth-order valence-corrected chi connectivity index (χ4v) is 2.48. The second kappa shape index (κ2) is 8.50. The molecular formula is C20H26N2O2. The van der Waals surface area contributed by atoms with Crippen LogP contribution in [0.2, 0.25) is 0 Å². The van der Waals surface area contributed by atoms with Gasteiger partial charge in [-0.1, -0.05) is 50.2 Å². The van der Waals surface area contributed by atoms with Crippen LogP contribution in [0.15, 0.2) is 48.5 Å². The van der Waals surface area contributed by atoms with E-state index < -0.39 is 0 Å². The molecule has 0 saturated carbocycles. The number of carbonyl (C=O) groups is 1. The zero-order valence-electron chi connectivity index (χ0n) is 14.6. The number of hydrogen-bond donors (Lipinski definition) is 2. The lowest BCUT2D eigenvalue weighted by Crippen LogP contribution is -2.32. The number of benzene rings is 2. The van der Waals surface area contributed by atoms with E-state index in [1.54, 1.807) is 12.1 Å². The van der Waals surface area contributed by atoms with Crippen molar-refractivity contribution >= 4 is 5.91 Å². The van der Waals surface area contributed by atoms with Crippen LogP contribution in [0.1, 0.15) is 54.2 Å². The maximum Gasteiger partial charge on any atom is 0.255 e. The van der Waals surface area contributed by atoms with Crippen LogP contribution >= 0.6 is 0 Å². The Morgan fingerprint density at radius 2 is 1.71 bits per heavy atom. The van der Waals surface area contributed by atoms with Crippen molar-refractivity contribution in [1.29, 1.82) is 0 Å². The SMILES string of the molecule is CCOc1ccccc1C(=O)NCC(N)c1ccc(C(C)C)cc1. The van der Waals surface area contributed by atoms with Gasteiger partial charge in [0.2, 0.25) is 0 Å². The van der Waals surface area contributed by atoms with Gasteiger partial charge in [0.05, 0.1) is 12.2 Å². The Hall–Kier alpha value is -2.33. The number of rotatable bonds is 7. The molecule has 0 radical (unpaired) electrons. The number of carbonyl (C=O) groups excluding carboxylic acids is 1. The first kappa shape index (κ1) is 18.0. The monoisotopic (exact) mass is 326 g/mol. The molecule has 0 saturated heterocycles. The van der Waals surface area contributed by atoms with E-state index in [2.05, 4.69) is 31.3 Å². The fourth-order valence-electron chi connectivity index (χ4n) is 2.48. The summed E-state index contributed by atoms with van der Waals surface area (Å²) in [4.78, 5) is 12.4. The van der Waals surface area contributed by atoms with Crippen molar-refractivity contribution in [1.82, 2.24) is 5.32 Å². The van der Waals surface area contributed by atoms with Gasteiger partial charge in [-0.05, 0) is 36.1 Å². The summed E-state index contributed by atoms with van der Waals surface area (Å²) in [7, 11) is 0. The van der Waals surface area contributed by atoms with Crippen LogP contribution in [0.25, 0.3) is 0 Å². The van der Waals surface area contributed by atoms with Gasteiger partial charge in [-0.15, -0.1) is 0 Å². The summed E-state index contributed by atoms with van der Waals surface area (Å²) in [5.41, 5.74) is 9.02. The van der Waals surface area contributed by atoms with Crippen molar-refractivity contribution in [3.05, 3.63) is 65.2 Å². The molecule has 1 atom stereocenters. The lowest BCUT2D eigenvalue weighted by molar-refractivity contribution is 0.0947. The minimum Gasteiger partial charge on any atom is -0.493 e. The molecule has 2 rings (SSSR count). The quantitative estimate of drug-likeness (QED) is 0.816. The Morgan fingerprint density at radius 3 is 2.33 bits per heavy atom. The predicted molar refractivity (Wildman–Crippen MR) is 97.4 cm³/mol. The van der Waals surface area contributed by atoms with Gasteiger partial charge in [0.25, 0.3) is 5.91 Å². The second-order valence-electron chi connectivity index (χ2n) is 6.07. The van der Waals surface area contributed by atoms with Crippen LogP contribution in [0.3, 0.4) is 0 Å². The summed E-state index contributed by atoms with van der Waals surface area (Å²) in [6.45, 7) is 7.10. The highest BCUT2D eigenvalue weighted by atomic mass is 16.5. The zero-order valence-corrected chi connectivity index (χ0v) is 14.6. The third-order valence-corrected chi connectivity index (χ3v) is 3.95. The molecular weight excluding hydrogens is 300 g/mol. The molecule has 0 spiro atoms. The lowest BCUT2D eigenvalue weighted by Gasteiger charge is -2.15. The summed E-state index contributed by atoms with van der Waals surface area (Å²) in [5.74, 6) is 0.908. The van der Waals surface area contributed by atoms with Crippen LogP contribution in [0.4, 0.5) is 0 Å². The van der Waals surface area contributed by atoms with Gasteiger partial charge in [-0.25, -0.2) is 0 Å². The number of ether oxygens (including phenoxy) is 1. The third kappa shape index (κ3) is 4.59.